The van der Waals surface area contributed by atoms with Gasteiger partial charge in [0.05, 0.1) is 23.4 Å². The number of carbonyl (C=O) groups is 3. The fourth-order valence-corrected chi connectivity index (χ4v) is 6.41. The predicted octanol–water partition coefficient (Wildman–Crippen LogP) is 4.86. The van der Waals surface area contributed by atoms with Crippen LogP contribution in [-0.4, -0.2) is 24.6 Å². The summed E-state index contributed by atoms with van der Waals surface area (Å²) in [5, 5.41) is 0. The molecule has 0 N–H and O–H groups in total. The van der Waals surface area contributed by atoms with Gasteiger partial charge in [-0.05, 0) is 67.3 Å². The van der Waals surface area contributed by atoms with E-state index in [1.54, 1.807) is 6.07 Å². The largest absolute Gasteiger partial charge is 0.454 e. The Bertz CT molecular complexity index is 1600. The second kappa shape index (κ2) is 8.05. The van der Waals surface area contributed by atoms with Gasteiger partial charge in [-0.1, -0.05) is 42.0 Å². The molecule has 3 heterocycles. The highest BCUT2D eigenvalue weighted by molar-refractivity contribution is 6.25. The SMILES string of the molecule is Cc1ccc(N2C(=O)[C@@H]3[C@@H]4C(=O)Oc5cc(C)ccc5C4=C[C@H](c4ccc5c(c4)OCO5)[C@H]3C2=O)c(C)c1. The number of hydrogen-bond acceptors (Lipinski definition) is 6. The Hall–Kier alpha value is -4.39. The summed E-state index contributed by atoms with van der Waals surface area (Å²) >= 11 is 0. The van der Waals surface area contributed by atoms with Gasteiger partial charge in [-0.3, -0.25) is 14.4 Å². The van der Waals surface area contributed by atoms with E-state index in [9.17, 15) is 14.4 Å². The monoisotopic (exact) mass is 507 g/mol. The van der Waals surface area contributed by atoms with E-state index in [0.29, 0.717) is 22.9 Å². The molecule has 1 aliphatic carbocycles. The van der Waals surface area contributed by atoms with Crippen LogP contribution in [0.4, 0.5) is 5.69 Å². The van der Waals surface area contributed by atoms with Crippen LogP contribution in [0.5, 0.6) is 17.2 Å². The molecule has 3 aromatic rings. The van der Waals surface area contributed by atoms with Crippen molar-refractivity contribution in [3.8, 4) is 17.2 Å². The highest BCUT2D eigenvalue weighted by Gasteiger charge is 2.60. The zero-order valence-electron chi connectivity index (χ0n) is 21.2. The number of ether oxygens (including phenoxy) is 3. The van der Waals surface area contributed by atoms with Gasteiger partial charge in [0.25, 0.3) is 0 Å². The molecule has 0 radical (unpaired) electrons. The number of allylic oxidation sites excluding steroid dienone is 1. The Balaban J connectivity index is 1.43. The normalized spacial score (nSPS) is 25.0. The number of esters is 1. The molecule has 4 aliphatic rings. The third kappa shape index (κ3) is 3.17. The highest BCUT2D eigenvalue weighted by Crippen LogP contribution is 2.55. The molecule has 7 rings (SSSR count). The van der Waals surface area contributed by atoms with Crippen LogP contribution in [0.2, 0.25) is 0 Å². The van der Waals surface area contributed by atoms with Crippen LogP contribution >= 0.6 is 0 Å². The van der Waals surface area contributed by atoms with E-state index < -0.39 is 29.6 Å². The standard InChI is InChI=1S/C31H25NO6/c1-15-5-8-22(17(3)10-15)32-29(33)26-20(18-6-9-23-25(12-18)37-14-36-23)13-21-19-7-4-16(2)11-24(19)38-31(35)27(21)28(26)30(32)34/h4-13,20,26-28H,14H2,1-3H3/t20-,26-,27-,28+/m1/s1. The maximum Gasteiger partial charge on any atom is 0.319 e. The van der Waals surface area contributed by atoms with Gasteiger partial charge in [-0.2, -0.15) is 0 Å². The average molecular weight is 508 g/mol. The zero-order chi connectivity index (χ0) is 26.3. The Labute approximate surface area is 219 Å². The number of hydrogen-bond donors (Lipinski definition) is 0. The number of rotatable bonds is 2. The van der Waals surface area contributed by atoms with Gasteiger partial charge in [0, 0.05) is 11.5 Å². The number of imide groups is 1. The number of aryl methyl sites for hydroxylation is 3. The molecule has 3 aromatic carbocycles. The Morgan fingerprint density at radius 2 is 1.50 bits per heavy atom. The summed E-state index contributed by atoms with van der Waals surface area (Å²) in [5.41, 5.74) is 5.69. The number of nitrogens with zero attached hydrogens (tertiary/aromatic N) is 1. The molecule has 1 saturated heterocycles. The van der Waals surface area contributed by atoms with Crippen molar-refractivity contribution in [1.29, 1.82) is 0 Å². The molecule has 0 bridgehead atoms. The minimum absolute atomic E-state index is 0.134. The molecule has 0 spiro atoms. The molecule has 0 unspecified atom stereocenters. The Morgan fingerprint density at radius 3 is 2.32 bits per heavy atom. The van der Waals surface area contributed by atoms with Crippen molar-refractivity contribution in [1.82, 2.24) is 0 Å². The summed E-state index contributed by atoms with van der Waals surface area (Å²) in [6.07, 6.45) is 1.98. The Morgan fingerprint density at radius 1 is 0.763 bits per heavy atom. The van der Waals surface area contributed by atoms with E-state index in [0.717, 1.165) is 33.4 Å². The molecule has 4 atom stereocenters. The van der Waals surface area contributed by atoms with Crippen LogP contribution in [-0.2, 0) is 14.4 Å². The van der Waals surface area contributed by atoms with E-state index in [-0.39, 0.29) is 18.6 Å². The molecule has 2 amide bonds. The summed E-state index contributed by atoms with van der Waals surface area (Å²) in [6, 6.07) is 17.0. The first-order chi connectivity index (χ1) is 18.3. The molecule has 0 aromatic heterocycles. The number of anilines is 1. The second-order valence-corrected chi connectivity index (χ2v) is 10.5. The van der Waals surface area contributed by atoms with Gasteiger partial charge in [-0.25, -0.2) is 4.90 Å². The van der Waals surface area contributed by atoms with Crippen LogP contribution < -0.4 is 19.1 Å². The number of amides is 2. The summed E-state index contributed by atoms with van der Waals surface area (Å²) < 4.78 is 16.9. The molecular formula is C31H25NO6. The number of benzene rings is 3. The van der Waals surface area contributed by atoms with Crippen molar-refractivity contribution in [2.24, 2.45) is 17.8 Å². The highest BCUT2D eigenvalue weighted by atomic mass is 16.7. The molecule has 1 fully saturated rings. The van der Waals surface area contributed by atoms with Crippen molar-refractivity contribution in [3.05, 3.63) is 88.5 Å². The van der Waals surface area contributed by atoms with Gasteiger partial charge in [-0.15, -0.1) is 0 Å². The third-order valence-electron chi connectivity index (χ3n) is 8.13. The second-order valence-electron chi connectivity index (χ2n) is 10.5. The molecule has 7 heteroatoms. The van der Waals surface area contributed by atoms with Crippen LogP contribution in [0.25, 0.3) is 5.57 Å². The third-order valence-corrected chi connectivity index (χ3v) is 8.13. The lowest BCUT2D eigenvalue weighted by Crippen LogP contribution is -2.42. The fraction of sp³-hybridized carbons (Fsp3) is 0.258. The minimum atomic E-state index is -0.888. The fourth-order valence-electron chi connectivity index (χ4n) is 6.41. The summed E-state index contributed by atoms with van der Waals surface area (Å²) in [7, 11) is 0. The minimum Gasteiger partial charge on any atom is -0.454 e. The van der Waals surface area contributed by atoms with Gasteiger partial charge < -0.3 is 14.2 Å². The lowest BCUT2D eigenvalue weighted by molar-refractivity contribution is -0.142. The molecule has 3 aliphatic heterocycles. The van der Waals surface area contributed by atoms with Crippen molar-refractivity contribution in [2.75, 3.05) is 11.7 Å². The van der Waals surface area contributed by atoms with Crippen molar-refractivity contribution in [3.63, 3.8) is 0 Å². The van der Waals surface area contributed by atoms with E-state index in [1.165, 1.54) is 4.90 Å². The van der Waals surface area contributed by atoms with Crippen LogP contribution in [0.3, 0.4) is 0 Å². The molecule has 0 saturated carbocycles. The number of carbonyl (C=O) groups excluding carboxylic acids is 3. The van der Waals surface area contributed by atoms with Crippen LogP contribution in [0.15, 0.2) is 60.7 Å². The first-order valence-electron chi connectivity index (χ1n) is 12.7. The molecular weight excluding hydrogens is 482 g/mol. The van der Waals surface area contributed by atoms with Crippen molar-refractivity contribution < 1.29 is 28.6 Å². The summed E-state index contributed by atoms with van der Waals surface area (Å²) in [4.78, 5) is 43.0. The Kier molecular flexibility index (Phi) is 4.83. The lowest BCUT2D eigenvalue weighted by atomic mass is 9.64. The van der Waals surface area contributed by atoms with E-state index >= 15 is 0 Å². The van der Waals surface area contributed by atoms with Crippen LogP contribution in [0.1, 0.15) is 33.7 Å². The lowest BCUT2D eigenvalue weighted by Gasteiger charge is -2.38. The first kappa shape index (κ1) is 22.8. The quantitative estimate of drug-likeness (QED) is 0.280. The van der Waals surface area contributed by atoms with Crippen molar-refractivity contribution in [2.45, 2.75) is 26.7 Å². The summed E-state index contributed by atoms with van der Waals surface area (Å²) in [5.74, 6) is -2.45. The first-order valence-corrected chi connectivity index (χ1v) is 12.7. The average Bonchev–Trinajstić information content (AvgIpc) is 3.46. The van der Waals surface area contributed by atoms with E-state index in [1.807, 2.05) is 75.4 Å². The predicted molar refractivity (Wildman–Crippen MR) is 139 cm³/mol. The maximum absolute atomic E-state index is 14.1. The van der Waals surface area contributed by atoms with Gasteiger partial charge in [0.2, 0.25) is 18.6 Å². The molecule has 190 valence electrons. The molecule has 38 heavy (non-hydrogen) atoms. The van der Waals surface area contributed by atoms with E-state index in [4.69, 9.17) is 14.2 Å². The zero-order valence-corrected chi connectivity index (χ0v) is 21.2. The van der Waals surface area contributed by atoms with Gasteiger partial charge in [0.15, 0.2) is 11.5 Å². The van der Waals surface area contributed by atoms with Gasteiger partial charge >= 0.3 is 5.97 Å². The molecule has 7 nitrogen and oxygen atoms in total. The van der Waals surface area contributed by atoms with Crippen molar-refractivity contribution >= 4 is 29.0 Å². The van der Waals surface area contributed by atoms with E-state index in [2.05, 4.69) is 0 Å². The topological polar surface area (TPSA) is 82.1 Å². The maximum atomic E-state index is 14.1. The summed E-state index contributed by atoms with van der Waals surface area (Å²) in [6.45, 7) is 5.92. The van der Waals surface area contributed by atoms with Gasteiger partial charge in [0.1, 0.15) is 5.75 Å². The number of fused-ring (bicyclic) bond motifs is 6. The smallest absolute Gasteiger partial charge is 0.319 e. The van der Waals surface area contributed by atoms with Crippen LogP contribution in [0, 0.1) is 38.5 Å².